The van der Waals surface area contributed by atoms with Crippen molar-refractivity contribution in [2.45, 2.75) is 80.1 Å². The van der Waals surface area contributed by atoms with Gasteiger partial charge in [0.2, 0.25) is 0 Å². The Balaban J connectivity index is 0.000000294. The van der Waals surface area contributed by atoms with Crippen molar-refractivity contribution in [1.82, 2.24) is 0 Å². The molecule has 0 saturated carbocycles. The maximum absolute atomic E-state index is 3.06. The minimum absolute atomic E-state index is 0. The Bertz CT molecular complexity index is 1840. The van der Waals surface area contributed by atoms with Gasteiger partial charge in [0.1, 0.15) is 0 Å². The second-order valence-corrected chi connectivity index (χ2v) is 13.3. The molecule has 2 aliphatic rings. The maximum atomic E-state index is 3.06. The van der Waals surface area contributed by atoms with Gasteiger partial charge in [-0.2, -0.15) is 12.1 Å². The fourth-order valence-electron chi connectivity index (χ4n) is 8.05. The van der Waals surface area contributed by atoms with Crippen LogP contribution in [0.4, 0.5) is 0 Å². The Morgan fingerprint density at radius 3 is 1.15 bits per heavy atom. The van der Waals surface area contributed by atoms with Crippen molar-refractivity contribution in [2.24, 2.45) is 0 Å². The Kier molecular flexibility index (Phi) is 15.4. The van der Waals surface area contributed by atoms with Crippen LogP contribution in [0, 0.1) is 56.4 Å². The molecule has 6 aromatic carbocycles. The van der Waals surface area contributed by atoms with Crippen LogP contribution in [-0.4, -0.2) is 6.88 Å². The van der Waals surface area contributed by atoms with E-state index in [0.717, 1.165) is 0 Å². The van der Waals surface area contributed by atoms with Crippen molar-refractivity contribution in [3.8, 4) is 22.3 Å². The summed E-state index contributed by atoms with van der Waals surface area (Å²) < 4.78 is 0. The van der Waals surface area contributed by atoms with E-state index in [1.54, 1.807) is 22.3 Å². The molecular weight excluding hydrogens is 719 g/mol. The molecule has 8 rings (SSSR count). The number of halogens is 2. The van der Waals surface area contributed by atoms with Crippen molar-refractivity contribution < 1.29 is 23.3 Å². The molecule has 0 unspecified atom stereocenters. The van der Waals surface area contributed by atoms with Crippen molar-refractivity contribution >= 4 is 53.2 Å². The zero-order chi connectivity index (χ0) is 31.1. The number of hydrogen-bond donors (Lipinski definition) is 0. The van der Waals surface area contributed by atoms with Crippen LogP contribution in [0.1, 0.15) is 68.5 Å². The molecule has 252 valence electrons. The van der Waals surface area contributed by atoms with Crippen molar-refractivity contribution in [2.75, 3.05) is 0 Å². The third-order valence-corrected chi connectivity index (χ3v) is 9.48. The Morgan fingerprint density at radius 2 is 0.812 bits per heavy atom. The van der Waals surface area contributed by atoms with Gasteiger partial charge in [-0.15, -0.1) is 81.8 Å². The molecule has 0 bridgehead atoms. The number of rotatable bonds is 2. The molecule has 2 aliphatic carbocycles. The molecule has 0 saturated heterocycles. The molecule has 0 atom stereocenters. The van der Waals surface area contributed by atoms with Gasteiger partial charge in [-0.25, -0.2) is 0 Å². The van der Waals surface area contributed by atoms with E-state index in [-0.39, 0.29) is 39.7 Å². The van der Waals surface area contributed by atoms with Crippen LogP contribution >= 0.6 is 24.8 Å². The summed E-state index contributed by atoms with van der Waals surface area (Å²) in [6.45, 7) is 16.3. The summed E-state index contributed by atoms with van der Waals surface area (Å²) in [5.41, 5.74) is 20.3. The number of aryl methyl sites for hydroxylation is 8. The Morgan fingerprint density at radius 1 is 0.479 bits per heavy atom. The Labute approximate surface area is 319 Å². The summed E-state index contributed by atoms with van der Waals surface area (Å²) in [6.07, 6.45) is 7.56. The van der Waals surface area contributed by atoms with E-state index in [1.165, 1.54) is 139 Å². The summed E-state index contributed by atoms with van der Waals surface area (Å²) in [7, 11) is 0. The van der Waals surface area contributed by atoms with Gasteiger partial charge in [-0.05, 0) is 77.3 Å². The van der Waals surface area contributed by atoms with Crippen LogP contribution in [0.2, 0.25) is 0 Å². The van der Waals surface area contributed by atoms with Gasteiger partial charge in [0.25, 0.3) is 0 Å². The zero-order valence-corrected chi connectivity index (χ0v) is 35.1. The Hall–Kier alpha value is -2.22. The van der Waals surface area contributed by atoms with Gasteiger partial charge < -0.3 is 14.9 Å². The van der Waals surface area contributed by atoms with Gasteiger partial charge >= 0.3 is 30.2 Å². The molecule has 0 heterocycles. The monoisotopic (exact) mass is 766 g/mol. The molecule has 0 N–H and O–H groups in total. The molecular formula is C44H50Cl2SiZr-4. The molecule has 0 aliphatic heterocycles. The average molecular weight is 769 g/mol. The van der Waals surface area contributed by atoms with Crippen LogP contribution in [0.3, 0.4) is 0 Å². The van der Waals surface area contributed by atoms with E-state index in [4.69, 9.17) is 0 Å². The minimum atomic E-state index is 0. The first-order valence-electron chi connectivity index (χ1n) is 16.1. The van der Waals surface area contributed by atoms with Crippen LogP contribution in [0.25, 0.3) is 43.8 Å². The average Bonchev–Trinajstić information content (AvgIpc) is 3.76. The SMILES string of the molecule is Cc1cc(C)cc(-c2c3c(cc4[cH-]c(C)cc24)CCC3)c1.Cc1cc(C)cc(-c2c3c(cc4[cH-]c(C)cc24)CCC3)c1.Cl.Cl.[CH3-].[CH3-].[Si]=[Zr]. The van der Waals surface area contributed by atoms with Crippen LogP contribution in [0.15, 0.2) is 72.8 Å². The van der Waals surface area contributed by atoms with E-state index in [2.05, 4.69) is 121 Å². The second-order valence-electron chi connectivity index (χ2n) is 13.3. The fraction of sp³-hybridized carbons (Fsp3) is 0.273. The van der Waals surface area contributed by atoms with Crippen molar-refractivity contribution in [3.63, 3.8) is 0 Å². The molecule has 4 heteroatoms. The first-order chi connectivity index (χ1) is 21.2. The van der Waals surface area contributed by atoms with Crippen LogP contribution in [-0.2, 0) is 49.0 Å². The van der Waals surface area contributed by atoms with Crippen molar-refractivity contribution in [3.05, 3.63) is 143 Å². The van der Waals surface area contributed by atoms with Gasteiger partial charge in [-0.1, -0.05) is 106 Å². The van der Waals surface area contributed by atoms with Gasteiger partial charge in [0.05, 0.1) is 0 Å². The molecule has 0 fully saturated rings. The predicted octanol–water partition coefficient (Wildman–Crippen LogP) is 12.6. The topological polar surface area (TPSA) is 0 Å². The van der Waals surface area contributed by atoms with E-state index in [0.29, 0.717) is 0 Å². The summed E-state index contributed by atoms with van der Waals surface area (Å²) in [5.74, 6) is 0. The van der Waals surface area contributed by atoms with Gasteiger partial charge in [0.15, 0.2) is 0 Å². The third-order valence-electron chi connectivity index (χ3n) is 9.48. The molecule has 0 spiro atoms. The van der Waals surface area contributed by atoms with E-state index < -0.39 is 0 Å². The molecule has 2 radical (unpaired) electrons. The van der Waals surface area contributed by atoms with E-state index >= 15 is 0 Å². The molecule has 0 nitrogen and oxygen atoms in total. The van der Waals surface area contributed by atoms with E-state index in [9.17, 15) is 0 Å². The van der Waals surface area contributed by atoms with Crippen LogP contribution in [0.5, 0.6) is 0 Å². The summed E-state index contributed by atoms with van der Waals surface area (Å²) >= 11 is 1.36. The predicted molar refractivity (Wildman–Crippen MR) is 216 cm³/mol. The molecule has 6 aromatic rings. The van der Waals surface area contributed by atoms with Crippen LogP contribution < -0.4 is 0 Å². The summed E-state index contributed by atoms with van der Waals surface area (Å²) in [5, 5.41) is 5.72. The zero-order valence-electron chi connectivity index (χ0n) is 30.0. The standard InChI is InChI=1S/2C21H21.2CH3.2ClH.Si.Zr/c2*1-13-7-14(2)10-18(9-13)21-19-6-4-5-16(19)12-17-8-15(3)11-20(17)21;;;;;;/h2*7-12H,4-6H2,1-3H3;2*1H3;2*1H;;/q4*-1;;;;. The summed E-state index contributed by atoms with van der Waals surface area (Å²) in [4.78, 5) is 0. The first kappa shape index (κ1) is 41.9. The van der Waals surface area contributed by atoms with Gasteiger partial charge in [-0.3, -0.25) is 0 Å². The van der Waals surface area contributed by atoms with Gasteiger partial charge in [0, 0.05) is 0 Å². The quantitative estimate of drug-likeness (QED) is 0.122. The normalized spacial score (nSPS) is 12.2. The number of benzene rings is 4. The first-order valence-corrected chi connectivity index (χ1v) is 20.3. The second kappa shape index (κ2) is 17.6. The van der Waals surface area contributed by atoms with E-state index in [1.807, 2.05) is 0 Å². The molecule has 48 heavy (non-hydrogen) atoms. The fourth-order valence-corrected chi connectivity index (χ4v) is 8.05. The van der Waals surface area contributed by atoms with Crippen molar-refractivity contribution in [1.29, 1.82) is 0 Å². The number of hydrogen-bond acceptors (Lipinski definition) is 0. The molecule has 0 aromatic heterocycles. The summed E-state index contributed by atoms with van der Waals surface area (Å²) in [6, 6.07) is 28.2. The molecule has 0 amide bonds. The third kappa shape index (κ3) is 8.38. The number of fused-ring (bicyclic) bond motifs is 4.